The van der Waals surface area contributed by atoms with Gasteiger partial charge in [0.2, 0.25) is 0 Å². The molecule has 3 N–H and O–H groups in total. The van der Waals surface area contributed by atoms with E-state index in [9.17, 15) is 4.79 Å². The molecule has 1 aromatic rings. The van der Waals surface area contributed by atoms with E-state index in [-0.39, 0.29) is 5.91 Å². The quantitative estimate of drug-likeness (QED) is 0.806. The Labute approximate surface area is 92.9 Å². The Morgan fingerprint density at radius 3 is 2.80 bits per heavy atom. The summed E-state index contributed by atoms with van der Waals surface area (Å²) in [6.45, 7) is 0. The van der Waals surface area contributed by atoms with E-state index in [1.165, 1.54) is 36.8 Å². The summed E-state index contributed by atoms with van der Waals surface area (Å²) in [5.41, 5.74) is 5.48. The predicted octanol–water partition coefficient (Wildman–Crippen LogP) is 1.79. The molecule has 1 amide bonds. The average molecular weight is 225 g/mol. The predicted molar refractivity (Wildman–Crippen MR) is 60.9 cm³/mol. The standard InChI is InChI=1S/C10H15N3OS/c11-10-12-6-8(15-10)9(14)13-7-4-2-1-3-5-7/h6-7H,1-5H2,(H2,11,12)(H,13,14). The number of thiazole rings is 1. The number of nitrogens with one attached hydrogen (secondary N) is 1. The number of carbonyl (C=O) groups excluding carboxylic acids is 1. The zero-order chi connectivity index (χ0) is 10.7. The van der Waals surface area contributed by atoms with Gasteiger partial charge in [-0.15, -0.1) is 0 Å². The minimum Gasteiger partial charge on any atom is -0.375 e. The van der Waals surface area contributed by atoms with E-state index in [1.54, 1.807) is 0 Å². The molecule has 4 nitrogen and oxygen atoms in total. The third-order valence-corrected chi connectivity index (χ3v) is 3.51. The van der Waals surface area contributed by atoms with Crippen molar-refractivity contribution < 1.29 is 4.79 Å². The number of hydrogen-bond donors (Lipinski definition) is 2. The number of hydrogen-bond acceptors (Lipinski definition) is 4. The van der Waals surface area contributed by atoms with Crippen molar-refractivity contribution in [2.75, 3.05) is 5.73 Å². The highest BCUT2D eigenvalue weighted by molar-refractivity contribution is 7.17. The lowest BCUT2D eigenvalue weighted by Gasteiger charge is -2.22. The maximum Gasteiger partial charge on any atom is 0.263 e. The van der Waals surface area contributed by atoms with Gasteiger partial charge in [-0.1, -0.05) is 30.6 Å². The summed E-state index contributed by atoms with van der Waals surface area (Å²) >= 11 is 1.24. The number of carbonyl (C=O) groups is 1. The molecule has 1 aliphatic rings. The van der Waals surface area contributed by atoms with Crippen LogP contribution in [0.2, 0.25) is 0 Å². The molecule has 15 heavy (non-hydrogen) atoms. The Bertz CT molecular complexity index is 344. The zero-order valence-electron chi connectivity index (χ0n) is 8.53. The molecule has 5 heteroatoms. The normalized spacial score (nSPS) is 17.6. The maximum atomic E-state index is 11.7. The van der Waals surface area contributed by atoms with Crippen LogP contribution in [0.1, 0.15) is 41.8 Å². The highest BCUT2D eigenvalue weighted by Crippen LogP contribution is 2.19. The van der Waals surface area contributed by atoms with E-state index in [0.717, 1.165) is 12.8 Å². The summed E-state index contributed by atoms with van der Waals surface area (Å²) in [6, 6.07) is 0.342. The van der Waals surface area contributed by atoms with Gasteiger partial charge in [0.1, 0.15) is 4.88 Å². The Morgan fingerprint density at radius 2 is 2.20 bits per heavy atom. The fourth-order valence-corrected chi connectivity index (χ4v) is 2.48. The molecule has 0 aromatic carbocycles. The largest absolute Gasteiger partial charge is 0.375 e. The van der Waals surface area contributed by atoms with Crippen molar-refractivity contribution in [2.45, 2.75) is 38.1 Å². The number of aromatic nitrogens is 1. The van der Waals surface area contributed by atoms with Crippen molar-refractivity contribution in [2.24, 2.45) is 0 Å². The summed E-state index contributed by atoms with van der Waals surface area (Å²) in [6.07, 6.45) is 7.46. The van der Waals surface area contributed by atoms with Crippen LogP contribution >= 0.6 is 11.3 Å². The van der Waals surface area contributed by atoms with E-state index >= 15 is 0 Å². The monoisotopic (exact) mass is 225 g/mol. The Kier molecular flexibility index (Phi) is 3.20. The molecule has 0 bridgehead atoms. The molecule has 1 fully saturated rings. The first-order valence-electron chi connectivity index (χ1n) is 5.28. The lowest BCUT2D eigenvalue weighted by atomic mass is 9.95. The number of rotatable bonds is 2. The van der Waals surface area contributed by atoms with Gasteiger partial charge in [0.15, 0.2) is 5.13 Å². The van der Waals surface area contributed by atoms with E-state index in [4.69, 9.17) is 5.73 Å². The third-order valence-electron chi connectivity index (χ3n) is 2.69. The second-order valence-electron chi connectivity index (χ2n) is 3.87. The summed E-state index contributed by atoms with van der Waals surface area (Å²) in [7, 11) is 0. The van der Waals surface area contributed by atoms with Gasteiger partial charge in [-0.05, 0) is 12.8 Å². The molecule has 82 valence electrons. The first-order chi connectivity index (χ1) is 7.25. The van der Waals surface area contributed by atoms with E-state index in [1.807, 2.05) is 0 Å². The fourth-order valence-electron chi connectivity index (χ4n) is 1.90. The van der Waals surface area contributed by atoms with Crippen LogP contribution in [0.25, 0.3) is 0 Å². The molecular weight excluding hydrogens is 210 g/mol. The number of anilines is 1. The van der Waals surface area contributed by atoms with Gasteiger partial charge in [0, 0.05) is 6.04 Å². The second-order valence-corrected chi connectivity index (χ2v) is 4.93. The molecular formula is C10H15N3OS. The molecule has 0 spiro atoms. The summed E-state index contributed by atoms with van der Waals surface area (Å²) in [5.74, 6) is -0.0314. The smallest absolute Gasteiger partial charge is 0.263 e. The molecule has 1 aromatic heterocycles. The van der Waals surface area contributed by atoms with Gasteiger partial charge in [-0.3, -0.25) is 4.79 Å². The highest BCUT2D eigenvalue weighted by atomic mass is 32.1. The minimum atomic E-state index is -0.0314. The molecule has 2 rings (SSSR count). The first kappa shape index (κ1) is 10.4. The van der Waals surface area contributed by atoms with Gasteiger partial charge in [-0.2, -0.15) is 0 Å². The topological polar surface area (TPSA) is 68.0 Å². The first-order valence-corrected chi connectivity index (χ1v) is 6.09. The third kappa shape index (κ3) is 2.68. The lowest BCUT2D eigenvalue weighted by Crippen LogP contribution is -2.35. The highest BCUT2D eigenvalue weighted by Gasteiger charge is 2.17. The van der Waals surface area contributed by atoms with Crippen molar-refractivity contribution in [3.05, 3.63) is 11.1 Å². The van der Waals surface area contributed by atoms with E-state index in [2.05, 4.69) is 10.3 Å². The molecule has 1 aliphatic carbocycles. The lowest BCUT2D eigenvalue weighted by molar-refractivity contribution is 0.0931. The molecule has 0 unspecified atom stereocenters. The Hall–Kier alpha value is -1.10. The molecule has 0 saturated heterocycles. The van der Waals surface area contributed by atoms with Gasteiger partial charge >= 0.3 is 0 Å². The van der Waals surface area contributed by atoms with Crippen molar-refractivity contribution in [1.29, 1.82) is 0 Å². The minimum absolute atomic E-state index is 0.0314. The van der Waals surface area contributed by atoms with Crippen LogP contribution in [0.5, 0.6) is 0 Å². The Morgan fingerprint density at radius 1 is 1.47 bits per heavy atom. The average Bonchev–Trinajstić information content (AvgIpc) is 2.66. The summed E-state index contributed by atoms with van der Waals surface area (Å²) in [5, 5.41) is 3.47. The number of nitrogen functional groups attached to an aromatic ring is 1. The molecule has 0 aliphatic heterocycles. The van der Waals surface area contributed by atoms with Crippen molar-refractivity contribution in [1.82, 2.24) is 10.3 Å². The second kappa shape index (κ2) is 4.61. The number of nitrogens with two attached hydrogens (primary N) is 1. The molecule has 0 radical (unpaired) electrons. The van der Waals surface area contributed by atoms with Crippen molar-refractivity contribution in [3.8, 4) is 0 Å². The summed E-state index contributed by atoms with van der Waals surface area (Å²) < 4.78 is 0. The van der Waals surface area contributed by atoms with Gasteiger partial charge in [-0.25, -0.2) is 4.98 Å². The fraction of sp³-hybridized carbons (Fsp3) is 0.600. The van der Waals surface area contributed by atoms with Gasteiger partial charge < -0.3 is 11.1 Å². The van der Waals surface area contributed by atoms with Crippen LogP contribution in [0.3, 0.4) is 0 Å². The SMILES string of the molecule is Nc1ncc(C(=O)NC2CCCCC2)s1. The molecule has 1 saturated carbocycles. The molecule has 0 atom stereocenters. The van der Waals surface area contributed by atoms with Crippen molar-refractivity contribution >= 4 is 22.4 Å². The van der Waals surface area contributed by atoms with Crippen LogP contribution in [-0.4, -0.2) is 16.9 Å². The van der Waals surface area contributed by atoms with Crippen LogP contribution in [0, 0.1) is 0 Å². The van der Waals surface area contributed by atoms with Crippen LogP contribution in [-0.2, 0) is 0 Å². The van der Waals surface area contributed by atoms with E-state index < -0.39 is 0 Å². The van der Waals surface area contributed by atoms with Gasteiger partial charge in [0.25, 0.3) is 5.91 Å². The van der Waals surface area contributed by atoms with E-state index in [0.29, 0.717) is 16.1 Å². The number of nitrogens with zero attached hydrogens (tertiary/aromatic N) is 1. The summed E-state index contributed by atoms with van der Waals surface area (Å²) in [4.78, 5) is 16.2. The van der Waals surface area contributed by atoms with Crippen molar-refractivity contribution in [3.63, 3.8) is 0 Å². The van der Waals surface area contributed by atoms with Crippen LogP contribution < -0.4 is 11.1 Å². The van der Waals surface area contributed by atoms with Gasteiger partial charge in [0.05, 0.1) is 6.20 Å². The number of amides is 1. The molecule has 1 heterocycles. The zero-order valence-corrected chi connectivity index (χ0v) is 9.35. The Balaban J connectivity index is 1.91. The van der Waals surface area contributed by atoms with Crippen LogP contribution in [0.4, 0.5) is 5.13 Å². The maximum absolute atomic E-state index is 11.7. The van der Waals surface area contributed by atoms with Crippen LogP contribution in [0.15, 0.2) is 6.20 Å².